The van der Waals surface area contributed by atoms with Gasteiger partial charge in [-0.1, -0.05) is 12.1 Å². The van der Waals surface area contributed by atoms with E-state index in [0.29, 0.717) is 12.2 Å². The van der Waals surface area contributed by atoms with Crippen molar-refractivity contribution < 1.29 is 14.6 Å². The average Bonchev–Trinajstić information content (AvgIpc) is 2.48. The summed E-state index contributed by atoms with van der Waals surface area (Å²) in [6.07, 6.45) is 0. The zero-order valence-electron chi connectivity index (χ0n) is 12.0. The van der Waals surface area contributed by atoms with Crippen molar-refractivity contribution in [3.8, 4) is 11.5 Å². The quantitative estimate of drug-likeness (QED) is 0.757. The number of anilines is 1. The third kappa shape index (κ3) is 4.14. The first-order chi connectivity index (χ1) is 10.1. The van der Waals surface area contributed by atoms with E-state index in [4.69, 9.17) is 4.74 Å². The van der Waals surface area contributed by atoms with Gasteiger partial charge in [0.2, 0.25) is 0 Å². The molecule has 0 aliphatic carbocycles. The van der Waals surface area contributed by atoms with E-state index in [1.54, 1.807) is 19.2 Å². The lowest BCUT2D eigenvalue weighted by molar-refractivity contribution is 0.251. The molecule has 0 atom stereocenters. The molecule has 2 aromatic carbocycles. The number of methoxy groups -OCH3 is 1. The zero-order chi connectivity index (χ0) is 15.2. The highest BCUT2D eigenvalue weighted by Gasteiger charge is 2.05. The first kappa shape index (κ1) is 14.7. The minimum atomic E-state index is -0.292. The Bertz CT molecular complexity index is 624. The van der Waals surface area contributed by atoms with E-state index < -0.39 is 0 Å². The molecule has 110 valence electrons. The summed E-state index contributed by atoms with van der Waals surface area (Å²) in [6.45, 7) is 2.24. The Hall–Kier alpha value is -2.69. The Morgan fingerprint density at radius 2 is 1.90 bits per heavy atom. The molecule has 2 amide bonds. The predicted molar refractivity (Wildman–Crippen MR) is 81.7 cm³/mol. The number of hydrogen-bond donors (Lipinski definition) is 3. The van der Waals surface area contributed by atoms with Gasteiger partial charge in [-0.25, -0.2) is 4.79 Å². The number of nitrogens with one attached hydrogen (secondary N) is 2. The molecule has 0 spiro atoms. The van der Waals surface area contributed by atoms with Gasteiger partial charge in [0.05, 0.1) is 7.11 Å². The number of carbonyl (C=O) groups is 1. The van der Waals surface area contributed by atoms with Crippen molar-refractivity contribution in [2.45, 2.75) is 13.5 Å². The van der Waals surface area contributed by atoms with E-state index in [-0.39, 0.29) is 11.8 Å². The molecule has 5 nitrogen and oxygen atoms in total. The fraction of sp³-hybridized carbons (Fsp3) is 0.188. The van der Waals surface area contributed by atoms with Gasteiger partial charge in [0.15, 0.2) is 0 Å². The second-order valence-corrected chi connectivity index (χ2v) is 4.65. The highest BCUT2D eigenvalue weighted by molar-refractivity contribution is 5.90. The molecule has 0 aliphatic rings. The molecule has 0 unspecified atom stereocenters. The Kier molecular flexibility index (Phi) is 4.66. The minimum absolute atomic E-state index is 0.177. The van der Waals surface area contributed by atoms with Crippen LogP contribution in [0.15, 0.2) is 42.5 Å². The summed E-state index contributed by atoms with van der Waals surface area (Å²) in [4.78, 5) is 11.8. The van der Waals surface area contributed by atoms with Gasteiger partial charge in [-0.15, -0.1) is 0 Å². The van der Waals surface area contributed by atoms with Gasteiger partial charge < -0.3 is 20.5 Å². The van der Waals surface area contributed by atoms with Gasteiger partial charge in [0.25, 0.3) is 0 Å². The lowest BCUT2D eigenvalue weighted by Gasteiger charge is -2.10. The molecule has 2 aromatic rings. The molecule has 0 aliphatic heterocycles. The second-order valence-electron chi connectivity index (χ2n) is 4.65. The number of amides is 2. The topological polar surface area (TPSA) is 70.6 Å². The van der Waals surface area contributed by atoms with Gasteiger partial charge in [-0.05, 0) is 48.4 Å². The normalized spacial score (nSPS) is 10.0. The number of benzene rings is 2. The molecular weight excluding hydrogens is 268 g/mol. The van der Waals surface area contributed by atoms with Crippen LogP contribution >= 0.6 is 0 Å². The summed E-state index contributed by atoms with van der Waals surface area (Å²) in [6, 6.07) is 12.0. The molecule has 0 radical (unpaired) electrons. The summed E-state index contributed by atoms with van der Waals surface area (Å²) in [5.41, 5.74) is 2.45. The van der Waals surface area contributed by atoms with E-state index in [9.17, 15) is 9.90 Å². The molecule has 0 saturated carbocycles. The van der Waals surface area contributed by atoms with Crippen LogP contribution in [0.1, 0.15) is 11.1 Å². The maximum atomic E-state index is 11.8. The Morgan fingerprint density at radius 1 is 1.19 bits per heavy atom. The fourth-order valence-corrected chi connectivity index (χ4v) is 1.88. The highest BCUT2D eigenvalue weighted by atomic mass is 16.5. The summed E-state index contributed by atoms with van der Waals surface area (Å²) in [5, 5.41) is 14.8. The number of hydrogen-bond acceptors (Lipinski definition) is 3. The van der Waals surface area contributed by atoms with E-state index in [1.165, 1.54) is 6.07 Å². The average molecular weight is 286 g/mol. The number of carbonyl (C=O) groups excluding carboxylic acids is 1. The summed E-state index contributed by atoms with van der Waals surface area (Å²) < 4.78 is 5.08. The van der Waals surface area contributed by atoms with Crippen LogP contribution in [-0.4, -0.2) is 18.2 Å². The molecule has 2 rings (SSSR count). The smallest absolute Gasteiger partial charge is 0.319 e. The van der Waals surface area contributed by atoms with Crippen molar-refractivity contribution in [1.29, 1.82) is 0 Å². The van der Waals surface area contributed by atoms with Gasteiger partial charge in [0.1, 0.15) is 11.5 Å². The Morgan fingerprint density at radius 3 is 2.52 bits per heavy atom. The lowest BCUT2D eigenvalue weighted by Crippen LogP contribution is -2.28. The van der Waals surface area contributed by atoms with E-state index in [2.05, 4.69) is 10.6 Å². The van der Waals surface area contributed by atoms with Gasteiger partial charge in [-0.2, -0.15) is 0 Å². The number of aromatic hydroxyl groups is 1. The van der Waals surface area contributed by atoms with E-state index in [1.807, 2.05) is 31.2 Å². The van der Waals surface area contributed by atoms with Gasteiger partial charge in [-0.3, -0.25) is 0 Å². The van der Waals surface area contributed by atoms with Gasteiger partial charge >= 0.3 is 6.03 Å². The number of rotatable bonds is 4. The van der Waals surface area contributed by atoms with Crippen molar-refractivity contribution >= 4 is 11.7 Å². The van der Waals surface area contributed by atoms with Crippen molar-refractivity contribution in [3.05, 3.63) is 53.6 Å². The molecule has 5 heteroatoms. The van der Waals surface area contributed by atoms with Crippen LogP contribution in [0.2, 0.25) is 0 Å². The van der Waals surface area contributed by atoms with Crippen molar-refractivity contribution in [2.24, 2.45) is 0 Å². The lowest BCUT2D eigenvalue weighted by atomic mass is 10.2. The van der Waals surface area contributed by atoms with Crippen molar-refractivity contribution in [1.82, 2.24) is 5.32 Å². The fourth-order valence-electron chi connectivity index (χ4n) is 1.88. The molecule has 0 saturated heterocycles. The Labute approximate surface area is 123 Å². The molecule has 0 fully saturated rings. The van der Waals surface area contributed by atoms with Crippen LogP contribution in [0.4, 0.5) is 10.5 Å². The SMILES string of the molecule is COc1ccc(CNC(=O)Nc2ccc(O)cc2C)cc1. The summed E-state index contributed by atoms with van der Waals surface area (Å²) >= 11 is 0. The number of urea groups is 1. The number of phenolic OH excluding ortho intramolecular Hbond substituents is 1. The van der Waals surface area contributed by atoms with Crippen LogP contribution in [0, 0.1) is 6.92 Å². The summed E-state index contributed by atoms with van der Waals surface area (Å²) in [5.74, 6) is 0.958. The zero-order valence-corrected chi connectivity index (χ0v) is 12.0. The maximum absolute atomic E-state index is 11.8. The monoisotopic (exact) mass is 286 g/mol. The Balaban J connectivity index is 1.89. The first-order valence-corrected chi connectivity index (χ1v) is 6.56. The molecule has 21 heavy (non-hydrogen) atoms. The molecule has 0 heterocycles. The molecule has 3 N–H and O–H groups in total. The van der Waals surface area contributed by atoms with Crippen LogP contribution < -0.4 is 15.4 Å². The predicted octanol–water partition coefficient (Wildman–Crippen LogP) is 3.03. The second kappa shape index (κ2) is 6.65. The first-order valence-electron chi connectivity index (χ1n) is 6.56. The van der Waals surface area contributed by atoms with E-state index >= 15 is 0 Å². The van der Waals surface area contributed by atoms with Crippen LogP contribution in [0.25, 0.3) is 0 Å². The van der Waals surface area contributed by atoms with Gasteiger partial charge in [0, 0.05) is 12.2 Å². The number of ether oxygens (including phenoxy) is 1. The standard InChI is InChI=1S/C16H18N2O3/c1-11-9-13(19)5-8-15(11)18-16(20)17-10-12-3-6-14(21-2)7-4-12/h3-9,19H,10H2,1-2H3,(H2,17,18,20). The third-order valence-electron chi connectivity index (χ3n) is 3.07. The number of phenols is 1. The summed E-state index contributed by atoms with van der Waals surface area (Å²) in [7, 11) is 1.61. The maximum Gasteiger partial charge on any atom is 0.319 e. The molecule has 0 bridgehead atoms. The minimum Gasteiger partial charge on any atom is -0.508 e. The van der Waals surface area contributed by atoms with Crippen molar-refractivity contribution in [2.75, 3.05) is 12.4 Å². The van der Waals surface area contributed by atoms with Crippen LogP contribution in [0.5, 0.6) is 11.5 Å². The third-order valence-corrected chi connectivity index (χ3v) is 3.07. The molecule has 0 aromatic heterocycles. The van der Waals surface area contributed by atoms with Crippen LogP contribution in [0.3, 0.4) is 0 Å². The van der Waals surface area contributed by atoms with Crippen molar-refractivity contribution in [3.63, 3.8) is 0 Å². The number of aryl methyl sites for hydroxylation is 1. The molecular formula is C16H18N2O3. The largest absolute Gasteiger partial charge is 0.508 e. The highest BCUT2D eigenvalue weighted by Crippen LogP contribution is 2.19. The van der Waals surface area contributed by atoms with E-state index in [0.717, 1.165) is 16.9 Å². The van der Waals surface area contributed by atoms with Crippen LogP contribution in [-0.2, 0) is 6.54 Å².